The molecule has 0 bridgehead atoms. The Labute approximate surface area is 130 Å². The fourth-order valence-electron chi connectivity index (χ4n) is 2.11. The van der Waals surface area contributed by atoms with E-state index in [2.05, 4.69) is 26.2 Å². The maximum atomic E-state index is 12.4. The normalized spacial score (nSPS) is 14.3. The summed E-state index contributed by atoms with van der Waals surface area (Å²) in [5.41, 5.74) is 2.12. The highest BCUT2D eigenvalue weighted by molar-refractivity contribution is 9.10. The summed E-state index contributed by atoms with van der Waals surface area (Å²) in [5, 5.41) is 3.13. The van der Waals surface area contributed by atoms with Gasteiger partial charge in [-0.15, -0.1) is 0 Å². The molecular formula is C14H13BrClN3O. The van der Waals surface area contributed by atoms with Crippen LogP contribution in [-0.2, 0) is 0 Å². The van der Waals surface area contributed by atoms with E-state index in [4.69, 9.17) is 11.6 Å². The maximum absolute atomic E-state index is 12.4. The molecule has 2 aromatic rings. The first-order valence-electron chi connectivity index (χ1n) is 6.35. The van der Waals surface area contributed by atoms with Crippen LogP contribution in [0, 0.1) is 6.92 Å². The molecule has 1 aliphatic rings. The molecule has 1 aliphatic carbocycles. The van der Waals surface area contributed by atoms with Crippen LogP contribution < -0.4 is 5.32 Å². The molecule has 20 heavy (non-hydrogen) atoms. The highest BCUT2D eigenvalue weighted by Gasteiger charge is 2.28. The van der Waals surface area contributed by atoms with Gasteiger partial charge >= 0.3 is 0 Å². The number of pyridine rings is 1. The molecule has 0 radical (unpaired) electrons. The van der Waals surface area contributed by atoms with E-state index in [-0.39, 0.29) is 5.91 Å². The van der Waals surface area contributed by atoms with Gasteiger partial charge in [0.15, 0.2) is 5.15 Å². The van der Waals surface area contributed by atoms with Crippen molar-refractivity contribution in [2.45, 2.75) is 25.8 Å². The zero-order valence-corrected chi connectivity index (χ0v) is 13.2. The summed E-state index contributed by atoms with van der Waals surface area (Å²) in [6.07, 6.45) is 5.85. The fraction of sp³-hybridized carbons (Fsp3) is 0.286. The second kappa shape index (κ2) is 5.22. The molecular weight excluding hydrogens is 342 g/mol. The summed E-state index contributed by atoms with van der Waals surface area (Å²) in [7, 11) is 0. The molecule has 1 N–H and O–H groups in total. The van der Waals surface area contributed by atoms with Crippen LogP contribution in [0.4, 0.5) is 5.69 Å². The van der Waals surface area contributed by atoms with E-state index >= 15 is 0 Å². The van der Waals surface area contributed by atoms with E-state index < -0.39 is 0 Å². The van der Waals surface area contributed by atoms with E-state index in [1.165, 1.54) is 0 Å². The van der Waals surface area contributed by atoms with Crippen molar-refractivity contribution < 1.29 is 4.79 Å². The van der Waals surface area contributed by atoms with Crippen LogP contribution in [0.5, 0.6) is 0 Å². The van der Waals surface area contributed by atoms with Crippen molar-refractivity contribution in [2.75, 3.05) is 5.32 Å². The molecule has 4 nitrogen and oxygen atoms in total. The lowest BCUT2D eigenvalue weighted by molar-refractivity contribution is 0.101. The SMILES string of the molecule is Cc1cnc(Cl)c(NC(=O)c2cc(Br)cn2C2CC2)c1. The highest BCUT2D eigenvalue weighted by Crippen LogP contribution is 2.37. The molecule has 1 fully saturated rings. The van der Waals surface area contributed by atoms with Crippen LogP contribution in [-0.4, -0.2) is 15.5 Å². The van der Waals surface area contributed by atoms with Gasteiger partial charge < -0.3 is 9.88 Å². The van der Waals surface area contributed by atoms with E-state index in [0.29, 0.717) is 22.6 Å². The Balaban J connectivity index is 1.87. The molecule has 0 saturated heterocycles. The van der Waals surface area contributed by atoms with E-state index in [9.17, 15) is 4.79 Å². The number of carbonyl (C=O) groups excluding carboxylic acids is 1. The third-order valence-corrected chi connectivity index (χ3v) is 3.95. The number of halogens is 2. The standard InChI is InChI=1S/C14H13BrClN3O/c1-8-4-11(13(16)17-6-8)18-14(20)12-5-9(15)7-19(12)10-2-3-10/h4-7,10H,2-3H2,1H3,(H,18,20). The van der Waals surface area contributed by atoms with Gasteiger partial charge in [-0.1, -0.05) is 11.6 Å². The first-order valence-corrected chi connectivity index (χ1v) is 7.52. The molecule has 3 rings (SSSR count). The summed E-state index contributed by atoms with van der Waals surface area (Å²) in [6.45, 7) is 1.91. The van der Waals surface area contributed by atoms with Gasteiger partial charge in [0.05, 0.1) is 5.69 Å². The van der Waals surface area contributed by atoms with Crippen molar-refractivity contribution in [3.05, 3.63) is 45.4 Å². The van der Waals surface area contributed by atoms with Crippen LogP contribution in [0.2, 0.25) is 5.15 Å². The summed E-state index contributed by atoms with van der Waals surface area (Å²) >= 11 is 9.43. The van der Waals surface area contributed by atoms with Gasteiger partial charge in [0, 0.05) is 22.9 Å². The Morgan fingerprint density at radius 1 is 1.50 bits per heavy atom. The van der Waals surface area contributed by atoms with Crippen molar-refractivity contribution in [1.29, 1.82) is 0 Å². The number of nitrogens with zero attached hydrogens (tertiary/aromatic N) is 2. The predicted molar refractivity (Wildman–Crippen MR) is 82.3 cm³/mol. The van der Waals surface area contributed by atoms with Crippen LogP contribution >= 0.6 is 27.5 Å². The largest absolute Gasteiger partial charge is 0.339 e. The maximum Gasteiger partial charge on any atom is 0.272 e. The molecule has 2 heterocycles. The van der Waals surface area contributed by atoms with Gasteiger partial charge in [-0.2, -0.15) is 0 Å². The molecule has 0 aliphatic heterocycles. The summed E-state index contributed by atoms with van der Waals surface area (Å²) < 4.78 is 2.92. The topological polar surface area (TPSA) is 46.9 Å². The third-order valence-electron chi connectivity index (χ3n) is 3.21. The fourth-order valence-corrected chi connectivity index (χ4v) is 2.70. The van der Waals surface area contributed by atoms with Crippen molar-refractivity contribution in [3.63, 3.8) is 0 Å². The van der Waals surface area contributed by atoms with Crippen molar-refractivity contribution in [2.24, 2.45) is 0 Å². The third kappa shape index (κ3) is 2.74. The molecule has 6 heteroatoms. The average Bonchev–Trinajstić information content (AvgIpc) is 3.17. The van der Waals surface area contributed by atoms with Gasteiger partial charge in [0.25, 0.3) is 5.91 Å². The molecule has 1 saturated carbocycles. The van der Waals surface area contributed by atoms with Gasteiger partial charge in [-0.25, -0.2) is 4.98 Å². The van der Waals surface area contributed by atoms with Gasteiger partial charge in [0.2, 0.25) is 0 Å². The average molecular weight is 355 g/mol. The first kappa shape index (κ1) is 13.6. The lowest BCUT2D eigenvalue weighted by Crippen LogP contribution is -2.16. The van der Waals surface area contributed by atoms with Crippen molar-refractivity contribution >= 4 is 39.1 Å². The molecule has 0 spiro atoms. The van der Waals surface area contributed by atoms with Crippen LogP contribution in [0.15, 0.2) is 29.0 Å². The van der Waals surface area contributed by atoms with Gasteiger partial charge in [-0.05, 0) is 53.4 Å². The molecule has 0 unspecified atom stereocenters. The summed E-state index contributed by atoms with van der Waals surface area (Å²) in [6, 6.07) is 4.07. The molecule has 0 atom stereocenters. The number of aryl methyl sites for hydroxylation is 1. The minimum Gasteiger partial charge on any atom is -0.339 e. The number of hydrogen-bond donors (Lipinski definition) is 1. The number of hydrogen-bond acceptors (Lipinski definition) is 2. The Morgan fingerprint density at radius 2 is 2.25 bits per heavy atom. The van der Waals surface area contributed by atoms with Crippen molar-refractivity contribution in [1.82, 2.24) is 9.55 Å². The zero-order valence-electron chi connectivity index (χ0n) is 10.9. The predicted octanol–water partition coefficient (Wildman–Crippen LogP) is 4.19. The second-order valence-electron chi connectivity index (χ2n) is 4.99. The minimum absolute atomic E-state index is 0.170. The molecule has 1 amide bonds. The minimum atomic E-state index is -0.170. The number of carbonyl (C=O) groups is 1. The molecule has 0 aromatic carbocycles. The molecule has 2 aromatic heterocycles. The first-order chi connectivity index (χ1) is 9.54. The quantitative estimate of drug-likeness (QED) is 0.840. The van der Waals surface area contributed by atoms with Crippen LogP contribution in [0.25, 0.3) is 0 Å². The zero-order chi connectivity index (χ0) is 14.3. The monoisotopic (exact) mass is 353 g/mol. The van der Waals surface area contributed by atoms with Gasteiger partial charge in [-0.3, -0.25) is 4.79 Å². The summed E-state index contributed by atoms with van der Waals surface area (Å²) in [4.78, 5) is 16.4. The number of anilines is 1. The van der Waals surface area contributed by atoms with E-state index in [1.54, 1.807) is 6.20 Å². The smallest absolute Gasteiger partial charge is 0.272 e. The van der Waals surface area contributed by atoms with Crippen molar-refractivity contribution in [3.8, 4) is 0 Å². The Kier molecular flexibility index (Phi) is 3.56. The lowest BCUT2D eigenvalue weighted by Gasteiger charge is -2.10. The van der Waals surface area contributed by atoms with E-state index in [1.807, 2.05) is 29.8 Å². The lowest BCUT2D eigenvalue weighted by atomic mass is 10.3. The van der Waals surface area contributed by atoms with E-state index in [0.717, 1.165) is 22.9 Å². The van der Waals surface area contributed by atoms with Crippen LogP contribution in [0.3, 0.4) is 0 Å². The Morgan fingerprint density at radius 3 is 2.95 bits per heavy atom. The highest BCUT2D eigenvalue weighted by atomic mass is 79.9. The number of aromatic nitrogens is 2. The molecule has 104 valence electrons. The Hall–Kier alpha value is -1.33. The number of nitrogens with one attached hydrogen (secondary N) is 1. The Bertz CT molecular complexity index is 679. The van der Waals surface area contributed by atoms with Crippen LogP contribution in [0.1, 0.15) is 34.9 Å². The summed E-state index contributed by atoms with van der Waals surface area (Å²) in [5.74, 6) is -0.170. The number of amides is 1. The number of rotatable bonds is 3. The van der Waals surface area contributed by atoms with Gasteiger partial charge in [0.1, 0.15) is 5.69 Å². The second-order valence-corrected chi connectivity index (χ2v) is 6.26.